The van der Waals surface area contributed by atoms with E-state index in [4.69, 9.17) is 9.47 Å². The van der Waals surface area contributed by atoms with E-state index in [-0.39, 0.29) is 54.2 Å². The maximum atomic E-state index is 13.0. The lowest BCUT2D eigenvalue weighted by Crippen LogP contribution is -2.52. The number of Topliss-reactive ketones (excluding diaryl/α,β-unsaturated/α-hetero) is 1. The minimum absolute atomic E-state index is 0.0215. The van der Waals surface area contributed by atoms with Crippen molar-refractivity contribution in [3.63, 3.8) is 0 Å². The maximum absolute atomic E-state index is 13.0. The molecule has 31 heavy (non-hydrogen) atoms. The molecule has 176 valence electrons. The van der Waals surface area contributed by atoms with E-state index in [9.17, 15) is 19.5 Å². The first-order chi connectivity index (χ1) is 14.5. The van der Waals surface area contributed by atoms with Gasteiger partial charge in [0.05, 0.1) is 17.9 Å². The summed E-state index contributed by atoms with van der Waals surface area (Å²) >= 11 is 0. The Morgan fingerprint density at radius 1 is 1.16 bits per heavy atom. The molecule has 0 spiro atoms. The van der Waals surface area contributed by atoms with Crippen LogP contribution in [0.3, 0.4) is 0 Å². The molecule has 8 atom stereocenters. The summed E-state index contributed by atoms with van der Waals surface area (Å²) in [7, 11) is 0. The SMILES string of the molecule is CCC(C)(C)C(=O)O[C@H]1C[C@@H](C)C(=O)[C@@H]2CC[C@H](C)[C@H](CC[C@@H]3C[C@@H](O)CC(=O)O3)[C@@H]12. The standard InChI is InChI=1S/C25H40O6/c1-6-25(4,5)24(29)31-20-11-15(3)23(28)19-9-7-14(2)18(22(19)20)10-8-17-12-16(26)13-21(27)30-17/h14-20,22,26H,6-13H2,1-5H3/t14-,15+,16+,17+,18-,19+,20-,22+/m0/s1. The predicted octanol–water partition coefficient (Wildman–Crippen LogP) is 4.07. The normalized spacial score (nSPS) is 38.9. The zero-order valence-electron chi connectivity index (χ0n) is 19.8. The van der Waals surface area contributed by atoms with Crippen LogP contribution in [0, 0.1) is 35.0 Å². The molecule has 0 bridgehead atoms. The molecule has 0 aromatic rings. The van der Waals surface area contributed by atoms with Gasteiger partial charge in [0.25, 0.3) is 0 Å². The maximum Gasteiger partial charge on any atom is 0.311 e. The minimum atomic E-state index is -0.634. The fourth-order valence-corrected chi connectivity index (χ4v) is 5.84. The van der Waals surface area contributed by atoms with Crippen LogP contribution in [-0.2, 0) is 23.9 Å². The summed E-state index contributed by atoms with van der Waals surface area (Å²) in [6, 6.07) is 0. The number of aliphatic hydroxyl groups excluding tert-OH is 1. The fraction of sp³-hybridized carbons (Fsp3) is 0.880. The molecule has 0 radical (unpaired) electrons. The Bertz CT molecular complexity index is 685. The molecule has 1 aliphatic heterocycles. The molecule has 1 saturated heterocycles. The van der Waals surface area contributed by atoms with Gasteiger partial charge in [-0.25, -0.2) is 0 Å². The Morgan fingerprint density at radius 2 is 1.87 bits per heavy atom. The van der Waals surface area contributed by atoms with Crippen LogP contribution in [0.25, 0.3) is 0 Å². The van der Waals surface area contributed by atoms with Crippen molar-refractivity contribution in [2.75, 3.05) is 0 Å². The number of hydrogen-bond donors (Lipinski definition) is 1. The van der Waals surface area contributed by atoms with Crippen LogP contribution >= 0.6 is 0 Å². The van der Waals surface area contributed by atoms with Gasteiger partial charge in [0, 0.05) is 24.2 Å². The van der Waals surface area contributed by atoms with E-state index in [0.29, 0.717) is 37.4 Å². The number of rotatable bonds is 6. The van der Waals surface area contributed by atoms with E-state index >= 15 is 0 Å². The first-order valence-electron chi connectivity index (χ1n) is 12.2. The molecule has 0 aromatic carbocycles. The van der Waals surface area contributed by atoms with E-state index in [2.05, 4.69) is 6.92 Å². The molecular formula is C25H40O6. The van der Waals surface area contributed by atoms with Gasteiger partial charge in [-0.15, -0.1) is 0 Å². The zero-order chi connectivity index (χ0) is 22.9. The van der Waals surface area contributed by atoms with E-state index < -0.39 is 11.5 Å². The number of aliphatic hydroxyl groups is 1. The Labute approximate surface area is 186 Å². The van der Waals surface area contributed by atoms with Gasteiger partial charge in [-0.3, -0.25) is 14.4 Å². The fourth-order valence-electron chi connectivity index (χ4n) is 5.84. The molecule has 0 amide bonds. The van der Waals surface area contributed by atoms with Gasteiger partial charge in [-0.1, -0.05) is 20.8 Å². The van der Waals surface area contributed by atoms with Gasteiger partial charge in [0.2, 0.25) is 0 Å². The van der Waals surface area contributed by atoms with E-state index in [1.165, 1.54) is 0 Å². The molecule has 0 aromatic heterocycles. The summed E-state index contributed by atoms with van der Waals surface area (Å²) in [6.45, 7) is 9.99. The largest absolute Gasteiger partial charge is 0.462 e. The number of ether oxygens (including phenoxy) is 2. The minimum Gasteiger partial charge on any atom is -0.462 e. The van der Waals surface area contributed by atoms with Gasteiger partial charge in [0.1, 0.15) is 18.0 Å². The van der Waals surface area contributed by atoms with Crippen LogP contribution in [0.1, 0.15) is 86.0 Å². The smallest absolute Gasteiger partial charge is 0.311 e. The molecule has 1 N–H and O–H groups in total. The molecule has 6 heteroatoms. The van der Waals surface area contributed by atoms with Crippen molar-refractivity contribution in [3.05, 3.63) is 0 Å². The Morgan fingerprint density at radius 3 is 2.52 bits per heavy atom. The van der Waals surface area contributed by atoms with Crippen molar-refractivity contribution in [2.24, 2.45) is 35.0 Å². The van der Waals surface area contributed by atoms with Gasteiger partial charge < -0.3 is 14.6 Å². The highest BCUT2D eigenvalue weighted by Gasteiger charge is 2.51. The van der Waals surface area contributed by atoms with Crippen LogP contribution in [0.5, 0.6) is 0 Å². The number of cyclic esters (lactones) is 1. The van der Waals surface area contributed by atoms with Crippen LogP contribution < -0.4 is 0 Å². The third-order valence-electron chi connectivity index (χ3n) is 8.24. The lowest BCUT2D eigenvalue weighted by molar-refractivity contribution is -0.176. The van der Waals surface area contributed by atoms with Crippen LogP contribution in [0.2, 0.25) is 0 Å². The van der Waals surface area contributed by atoms with Crippen LogP contribution in [0.15, 0.2) is 0 Å². The number of ketones is 1. The number of esters is 2. The predicted molar refractivity (Wildman–Crippen MR) is 116 cm³/mol. The van der Waals surface area contributed by atoms with Gasteiger partial charge in [-0.2, -0.15) is 0 Å². The zero-order valence-corrected chi connectivity index (χ0v) is 19.8. The number of hydrogen-bond acceptors (Lipinski definition) is 6. The quantitative estimate of drug-likeness (QED) is 0.631. The summed E-state index contributed by atoms with van der Waals surface area (Å²) in [4.78, 5) is 37.7. The monoisotopic (exact) mass is 436 g/mol. The summed E-state index contributed by atoms with van der Waals surface area (Å²) in [5, 5.41) is 9.93. The highest BCUT2D eigenvalue weighted by atomic mass is 16.6. The average Bonchev–Trinajstić information content (AvgIpc) is 2.69. The topological polar surface area (TPSA) is 89.9 Å². The Kier molecular flexibility index (Phi) is 7.50. The third kappa shape index (κ3) is 5.32. The lowest BCUT2D eigenvalue weighted by atomic mass is 9.57. The Balaban J connectivity index is 1.77. The first kappa shape index (κ1) is 24.2. The molecule has 0 unspecified atom stereocenters. The van der Waals surface area contributed by atoms with E-state index in [1.807, 2.05) is 27.7 Å². The molecule has 3 aliphatic rings. The molecule has 2 aliphatic carbocycles. The summed E-state index contributed by atoms with van der Waals surface area (Å²) in [5.41, 5.74) is -0.539. The summed E-state index contributed by atoms with van der Waals surface area (Å²) in [6.07, 6.45) is 3.99. The van der Waals surface area contributed by atoms with Crippen molar-refractivity contribution in [2.45, 2.75) is 104 Å². The highest BCUT2D eigenvalue weighted by Crippen LogP contribution is 2.49. The second kappa shape index (κ2) is 9.60. The van der Waals surface area contributed by atoms with Crippen molar-refractivity contribution in [1.29, 1.82) is 0 Å². The molecule has 3 fully saturated rings. The van der Waals surface area contributed by atoms with Crippen molar-refractivity contribution >= 4 is 17.7 Å². The first-order valence-corrected chi connectivity index (χ1v) is 12.2. The van der Waals surface area contributed by atoms with Gasteiger partial charge >= 0.3 is 11.9 Å². The van der Waals surface area contributed by atoms with Gasteiger partial charge in [0.15, 0.2) is 0 Å². The molecule has 6 nitrogen and oxygen atoms in total. The number of fused-ring (bicyclic) bond motifs is 1. The van der Waals surface area contributed by atoms with E-state index in [1.54, 1.807) is 0 Å². The molecule has 2 saturated carbocycles. The summed E-state index contributed by atoms with van der Waals surface area (Å²) < 4.78 is 11.6. The van der Waals surface area contributed by atoms with Crippen LogP contribution in [-0.4, -0.2) is 41.1 Å². The average molecular weight is 437 g/mol. The van der Waals surface area contributed by atoms with Crippen molar-refractivity contribution in [1.82, 2.24) is 0 Å². The lowest BCUT2D eigenvalue weighted by Gasteiger charge is -2.49. The van der Waals surface area contributed by atoms with Crippen molar-refractivity contribution < 1.29 is 29.0 Å². The third-order valence-corrected chi connectivity index (χ3v) is 8.24. The second-order valence-corrected chi connectivity index (χ2v) is 10.9. The molecule has 3 rings (SSSR count). The number of carbonyl (C=O) groups excluding carboxylic acids is 3. The van der Waals surface area contributed by atoms with Crippen molar-refractivity contribution in [3.8, 4) is 0 Å². The highest BCUT2D eigenvalue weighted by molar-refractivity contribution is 5.85. The van der Waals surface area contributed by atoms with Gasteiger partial charge in [-0.05, 0) is 64.2 Å². The van der Waals surface area contributed by atoms with Crippen LogP contribution in [0.4, 0.5) is 0 Å². The molecular weight excluding hydrogens is 396 g/mol. The second-order valence-electron chi connectivity index (χ2n) is 10.9. The Hall–Kier alpha value is -1.43. The summed E-state index contributed by atoms with van der Waals surface area (Å²) in [5.74, 6) is 0.300. The number of carbonyl (C=O) groups is 3. The van der Waals surface area contributed by atoms with E-state index in [0.717, 1.165) is 19.3 Å². The molecule has 1 heterocycles.